The van der Waals surface area contributed by atoms with Crippen molar-refractivity contribution in [3.05, 3.63) is 82.8 Å². The number of carbonyl (C=O) groups excluding carboxylic acids is 2. The second kappa shape index (κ2) is 12.1. The second-order valence-electron chi connectivity index (χ2n) is 6.76. The number of furan rings is 1. The predicted molar refractivity (Wildman–Crippen MR) is 124 cm³/mol. The molecule has 1 aromatic heterocycles. The van der Waals surface area contributed by atoms with Gasteiger partial charge in [0.2, 0.25) is 0 Å². The van der Waals surface area contributed by atoms with E-state index in [1.54, 1.807) is 55.5 Å². The Morgan fingerprint density at radius 2 is 1.91 bits per heavy atom. The summed E-state index contributed by atoms with van der Waals surface area (Å²) in [5.41, 5.74) is 0.409. The van der Waals surface area contributed by atoms with Crippen molar-refractivity contribution in [3.63, 3.8) is 0 Å². The molecule has 0 saturated heterocycles. The van der Waals surface area contributed by atoms with E-state index >= 15 is 0 Å². The zero-order valence-electron chi connectivity index (χ0n) is 18.2. The van der Waals surface area contributed by atoms with E-state index in [0.717, 1.165) is 0 Å². The Morgan fingerprint density at radius 3 is 2.62 bits per heavy atom. The van der Waals surface area contributed by atoms with Crippen molar-refractivity contribution in [2.75, 3.05) is 13.2 Å². The lowest BCUT2D eigenvalue weighted by Gasteiger charge is -2.12. The fraction of sp³-hybridized carbons (Fsp3) is 0.160. The largest absolute Gasteiger partial charge is 0.490 e. The van der Waals surface area contributed by atoms with Crippen LogP contribution in [0.15, 0.2) is 70.9 Å². The number of ether oxygens (including phenoxy) is 3. The van der Waals surface area contributed by atoms with E-state index in [-0.39, 0.29) is 30.2 Å². The molecule has 3 aromatic rings. The van der Waals surface area contributed by atoms with Crippen molar-refractivity contribution < 1.29 is 28.2 Å². The molecule has 3 rings (SSSR count). The van der Waals surface area contributed by atoms with E-state index in [9.17, 15) is 14.9 Å². The van der Waals surface area contributed by atoms with Gasteiger partial charge in [-0.1, -0.05) is 29.8 Å². The third kappa shape index (κ3) is 6.89. The lowest BCUT2D eigenvalue weighted by atomic mass is 10.1. The summed E-state index contributed by atoms with van der Waals surface area (Å²) >= 11 is 6.01. The Bertz CT molecular complexity index is 1210. The molecule has 0 spiro atoms. The first-order valence-corrected chi connectivity index (χ1v) is 10.6. The molecule has 0 atom stereocenters. The smallest absolute Gasteiger partial charge is 0.349 e. The minimum atomic E-state index is -0.654. The van der Waals surface area contributed by atoms with E-state index in [0.29, 0.717) is 28.7 Å². The standard InChI is InChI=1S/C25H21ClN2O6/c1-2-31-23-13-17(12-18(14-27)25(30)28-15-19-6-5-11-32-19)9-10-22(23)34-24(29)16-33-21-8-4-3-7-20(21)26/h3-13H,2,15-16H2,1H3,(H,28,30)/b18-12+. The van der Waals surface area contributed by atoms with E-state index < -0.39 is 11.9 Å². The topological polar surface area (TPSA) is 111 Å². The van der Waals surface area contributed by atoms with Gasteiger partial charge in [-0.2, -0.15) is 5.26 Å². The summed E-state index contributed by atoms with van der Waals surface area (Å²) in [7, 11) is 0. The second-order valence-corrected chi connectivity index (χ2v) is 7.17. The van der Waals surface area contributed by atoms with Gasteiger partial charge >= 0.3 is 5.97 Å². The molecule has 0 radical (unpaired) electrons. The third-order valence-electron chi connectivity index (χ3n) is 4.35. The molecule has 0 saturated carbocycles. The maximum absolute atomic E-state index is 12.3. The average molecular weight is 481 g/mol. The number of esters is 1. The number of amides is 1. The molecule has 0 aliphatic heterocycles. The van der Waals surface area contributed by atoms with Crippen LogP contribution in [0.25, 0.3) is 6.08 Å². The van der Waals surface area contributed by atoms with Crippen LogP contribution in [0.1, 0.15) is 18.2 Å². The minimum absolute atomic E-state index is 0.105. The van der Waals surface area contributed by atoms with Gasteiger partial charge in [-0.15, -0.1) is 0 Å². The van der Waals surface area contributed by atoms with Gasteiger partial charge in [0.15, 0.2) is 18.1 Å². The SMILES string of the molecule is CCOc1cc(/C=C(\C#N)C(=O)NCc2ccco2)ccc1OC(=O)COc1ccccc1Cl. The predicted octanol–water partition coefficient (Wildman–Crippen LogP) is 4.54. The first-order valence-electron chi connectivity index (χ1n) is 10.3. The molecule has 8 nitrogen and oxygen atoms in total. The molecule has 1 heterocycles. The Balaban J connectivity index is 1.68. The molecule has 0 aliphatic rings. The molecular weight excluding hydrogens is 460 g/mol. The maximum atomic E-state index is 12.3. The van der Waals surface area contributed by atoms with E-state index in [4.69, 9.17) is 30.2 Å². The third-order valence-corrected chi connectivity index (χ3v) is 4.67. The summed E-state index contributed by atoms with van der Waals surface area (Å²) in [5, 5.41) is 12.4. The van der Waals surface area contributed by atoms with Gasteiger partial charge in [0.1, 0.15) is 23.2 Å². The average Bonchev–Trinajstić information content (AvgIpc) is 3.36. The van der Waals surface area contributed by atoms with Crippen LogP contribution < -0.4 is 19.5 Å². The molecule has 0 aliphatic carbocycles. The summed E-state index contributed by atoms with van der Waals surface area (Å²) in [6.07, 6.45) is 2.90. The van der Waals surface area contributed by atoms with Crippen molar-refractivity contribution in [2.45, 2.75) is 13.5 Å². The highest BCUT2D eigenvalue weighted by Crippen LogP contribution is 2.30. The molecule has 2 aromatic carbocycles. The van der Waals surface area contributed by atoms with E-state index in [2.05, 4.69) is 5.32 Å². The van der Waals surface area contributed by atoms with Crippen LogP contribution in [0.3, 0.4) is 0 Å². The number of hydrogen-bond acceptors (Lipinski definition) is 7. The number of carbonyl (C=O) groups is 2. The summed E-state index contributed by atoms with van der Waals surface area (Å²) in [4.78, 5) is 24.6. The van der Waals surface area contributed by atoms with Gasteiger partial charge in [-0.25, -0.2) is 4.79 Å². The first kappa shape index (κ1) is 24.4. The van der Waals surface area contributed by atoms with Crippen molar-refractivity contribution in [1.82, 2.24) is 5.32 Å². The number of nitrogens with one attached hydrogen (secondary N) is 1. The van der Waals surface area contributed by atoms with Crippen molar-refractivity contribution in [2.24, 2.45) is 0 Å². The van der Waals surface area contributed by atoms with Crippen LogP contribution in [0.5, 0.6) is 17.2 Å². The Hall–Kier alpha value is -4.22. The van der Waals surface area contributed by atoms with Crippen LogP contribution in [-0.2, 0) is 16.1 Å². The summed E-state index contributed by atoms with van der Waals surface area (Å²) < 4.78 is 21.5. The number of nitriles is 1. The number of rotatable bonds is 10. The zero-order chi connectivity index (χ0) is 24.3. The molecule has 0 fully saturated rings. The Labute approximate surface area is 201 Å². The van der Waals surface area contributed by atoms with Crippen molar-refractivity contribution >= 4 is 29.6 Å². The molecule has 1 amide bonds. The summed E-state index contributed by atoms with van der Waals surface area (Å²) in [6, 6.07) is 16.7. The molecule has 0 unspecified atom stereocenters. The maximum Gasteiger partial charge on any atom is 0.349 e. The van der Waals surface area contributed by atoms with Crippen molar-refractivity contribution in [3.8, 4) is 23.3 Å². The van der Waals surface area contributed by atoms with E-state index in [1.807, 2.05) is 6.07 Å². The Morgan fingerprint density at radius 1 is 1.09 bits per heavy atom. The Kier molecular flexibility index (Phi) is 8.72. The molecule has 174 valence electrons. The van der Waals surface area contributed by atoms with Gasteiger partial charge < -0.3 is 23.9 Å². The van der Waals surface area contributed by atoms with Gasteiger partial charge in [0.05, 0.1) is 24.4 Å². The number of benzene rings is 2. The summed E-state index contributed by atoms with van der Waals surface area (Å²) in [5.74, 6) is 0.168. The van der Waals surface area contributed by atoms with Gasteiger partial charge in [-0.05, 0) is 55.0 Å². The lowest BCUT2D eigenvalue weighted by molar-refractivity contribution is -0.136. The fourth-order valence-electron chi connectivity index (χ4n) is 2.81. The molecule has 9 heteroatoms. The molecule has 1 N–H and O–H groups in total. The number of nitrogens with zero attached hydrogens (tertiary/aromatic N) is 1. The van der Waals surface area contributed by atoms with Crippen LogP contribution in [0.4, 0.5) is 0 Å². The molecule has 0 bridgehead atoms. The summed E-state index contributed by atoms with van der Waals surface area (Å²) in [6.45, 7) is 1.88. The highest BCUT2D eigenvalue weighted by atomic mass is 35.5. The van der Waals surface area contributed by atoms with Gasteiger partial charge in [-0.3, -0.25) is 4.79 Å². The monoisotopic (exact) mass is 480 g/mol. The number of para-hydroxylation sites is 1. The number of hydrogen-bond donors (Lipinski definition) is 1. The molecular formula is C25H21ClN2O6. The minimum Gasteiger partial charge on any atom is -0.490 e. The van der Waals surface area contributed by atoms with Crippen LogP contribution in [0.2, 0.25) is 5.02 Å². The quantitative estimate of drug-likeness (QED) is 0.196. The van der Waals surface area contributed by atoms with Gasteiger partial charge in [0.25, 0.3) is 5.91 Å². The normalized spacial score (nSPS) is 10.8. The van der Waals surface area contributed by atoms with Crippen LogP contribution in [-0.4, -0.2) is 25.1 Å². The van der Waals surface area contributed by atoms with Crippen LogP contribution >= 0.6 is 11.6 Å². The van der Waals surface area contributed by atoms with E-state index in [1.165, 1.54) is 18.4 Å². The fourth-order valence-corrected chi connectivity index (χ4v) is 3.00. The highest BCUT2D eigenvalue weighted by molar-refractivity contribution is 6.32. The lowest BCUT2D eigenvalue weighted by Crippen LogP contribution is -2.23. The van der Waals surface area contributed by atoms with Crippen LogP contribution in [0, 0.1) is 11.3 Å². The highest BCUT2D eigenvalue weighted by Gasteiger charge is 2.14. The zero-order valence-corrected chi connectivity index (χ0v) is 19.0. The molecule has 34 heavy (non-hydrogen) atoms. The van der Waals surface area contributed by atoms with Crippen molar-refractivity contribution in [1.29, 1.82) is 5.26 Å². The van der Waals surface area contributed by atoms with Gasteiger partial charge in [0, 0.05) is 0 Å². The first-order chi connectivity index (χ1) is 16.5. The number of halogens is 1.